The van der Waals surface area contributed by atoms with E-state index in [9.17, 15) is 0 Å². The highest BCUT2D eigenvalue weighted by atomic mass is 35.5. The van der Waals surface area contributed by atoms with Crippen molar-refractivity contribution in [3.8, 4) is 11.4 Å². The van der Waals surface area contributed by atoms with Crippen LogP contribution in [0.3, 0.4) is 0 Å². The molecule has 1 aromatic carbocycles. The van der Waals surface area contributed by atoms with Gasteiger partial charge >= 0.3 is 0 Å². The summed E-state index contributed by atoms with van der Waals surface area (Å²) in [7, 11) is 1.96. The summed E-state index contributed by atoms with van der Waals surface area (Å²) in [4.78, 5) is 6.36. The second-order valence-corrected chi connectivity index (χ2v) is 4.48. The molecule has 0 bridgehead atoms. The molecular formula is C12H15ClN4O. The van der Waals surface area contributed by atoms with E-state index in [1.54, 1.807) is 12.1 Å². The molecule has 0 amide bonds. The Kier molecular flexibility index (Phi) is 4.30. The molecule has 0 saturated heterocycles. The van der Waals surface area contributed by atoms with Crippen molar-refractivity contribution < 1.29 is 4.52 Å². The zero-order valence-corrected chi connectivity index (χ0v) is 10.9. The van der Waals surface area contributed by atoms with Crippen LogP contribution in [0.1, 0.15) is 5.89 Å². The van der Waals surface area contributed by atoms with Gasteiger partial charge in [-0.1, -0.05) is 16.8 Å². The van der Waals surface area contributed by atoms with Gasteiger partial charge in [0.2, 0.25) is 11.7 Å². The number of benzene rings is 1. The average molecular weight is 267 g/mol. The molecule has 0 atom stereocenters. The number of hydrogen-bond acceptors (Lipinski definition) is 5. The van der Waals surface area contributed by atoms with Crippen LogP contribution in [-0.2, 0) is 6.54 Å². The molecular weight excluding hydrogens is 252 g/mol. The minimum atomic E-state index is 0.572. The highest BCUT2D eigenvalue weighted by Gasteiger charge is 2.10. The van der Waals surface area contributed by atoms with Crippen molar-refractivity contribution in [1.82, 2.24) is 15.0 Å². The van der Waals surface area contributed by atoms with Crippen LogP contribution in [0.25, 0.3) is 11.4 Å². The molecule has 5 nitrogen and oxygen atoms in total. The molecule has 0 spiro atoms. The predicted molar refractivity (Wildman–Crippen MR) is 70.1 cm³/mol. The zero-order valence-electron chi connectivity index (χ0n) is 10.1. The topological polar surface area (TPSA) is 68.2 Å². The Balaban J connectivity index is 2.08. The molecule has 0 aliphatic carbocycles. The van der Waals surface area contributed by atoms with Crippen LogP contribution >= 0.6 is 11.6 Å². The number of nitrogens with two attached hydrogens (primary N) is 1. The second kappa shape index (κ2) is 5.95. The van der Waals surface area contributed by atoms with Gasteiger partial charge in [0.1, 0.15) is 0 Å². The van der Waals surface area contributed by atoms with Gasteiger partial charge in [0.05, 0.1) is 6.54 Å². The fourth-order valence-corrected chi connectivity index (χ4v) is 1.69. The Morgan fingerprint density at radius 2 is 2.06 bits per heavy atom. The van der Waals surface area contributed by atoms with Crippen LogP contribution in [0, 0.1) is 0 Å². The third kappa shape index (κ3) is 3.29. The lowest BCUT2D eigenvalue weighted by Gasteiger charge is -2.11. The first-order chi connectivity index (χ1) is 8.69. The third-order valence-corrected chi connectivity index (χ3v) is 2.74. The van der Waals surface area contributed by atoms with Crippen LogP contribution < -0.4 is 5.73 Å². The maximum atomic E-state index is 5.83. The van der Waals surface area contributed by atoms with Crippen molar-refractivity contribution in [2.24, 2.45) is 5.73 Å². The van der Waals surface area contributed by atoms with Gasteiger partial charge in [0.15, 0.2) is 0 Å². The molecule has 2 N–H and O–H groups in total. The number of nitrogens with zero attached hydrogens (tertiary/aromatic N) is 3. The molecule has 18 heavy (non-hydrogen) atoms. The summed E-state index contributed by atoms with van der Waals surface area (Å²) >= 11 is 5.83. The summed E-state index contributed by atoms with van der Waals surface area (Å²) in [5.41, 5.74) is 6.36. The Morgan fingerprint density at radius 1 is 1.33 bits per heavy atom. The molecule has 0 fully saturated rings. The number of rotatable bonds is 5. The summed E-state index contributed by atoms with van der Waals surface area (Å²) in [5.74, 6) is 1.15. The van der Waals surface area contributed by atoms with Gasteiger partial charge < -0.3 is 10.3 Å². The van der Waals surface area contributed by atoms with Crippen molar-refractivity contribution in [2.75, 3.05) is 20.1 Å². The summed E-state index contributed by atoms with van der Waals surface area (Å²) in [6.45, 7) is 1.99. The first kappa shape index (κ1) is 13.0. The van der Waals surface area contributed by atoms with Crippen molar-refractivity contribution in [3.05, 3.63) is 35.2 Å². The third-order valence-electron chi connectivity index (χ3n) is 2.49. The van der Waals surface area contributed by atoms with E-state index in [1.807, 2.05) is 24.1 Å². The van der Waals surface area contributed by atoms with Crippen LogP contribution in [0.5, 0.6) is 0 Å². The van der Waals surface area contributed by atoms with Gasteiger partial charge in [0.25, 0.3) is 0 Å². The minimum absolute atomic E-state index is 0.572. The molecule has 1 heterocycles. The van der Waals surface area contributed by atoms with E-state index in [-0.39, 0.29) is 0 Å². The summed E-state index contributed by atoms with van der Waals surface area (Å²) in [5, 5.41) is 4.63. The molecule has 0 aliphatic rings. The molecule has 2 aromatic rings. The fourth-order valence-electron chi connectivity index (χ4n) is 1.57. The van der Waals surface area contributed by atoms with Gasteiger partial charge in [-0.3, -0.25) is 4.90 Å². The largest absolute Gasteiger partial charge is 0.338 e. The SMILES string of the molecule is CN(CCN)Cc1nc(-c2ccc(Cl)cc2)no1. The minimum Gasteiger partial charge on any atom is -0.338 e. The van der Waals surface area contributed by atoms with E-state index in [2.05, 4.69) is 10.1 Å². The van der Waals surface area contributed by atoms with Gasteiger partial charge in [-0.25, -0.2) is 0 Å². The standard InChI is InChI=1S/C12H15ClN4O/c1-17(7-6-14)8-11-15-12(16-18-11)9-2-4-10(13)5-3-9/h2-5H,6-8,14H2,1H3. The van der Waals surface area contributed by atoms with E-state index in [1.165, 1.54) is 0 Å². The van der Waals surface area contributed by atoms with E-state index in [0.29, 0.717) is 29.8 Å². The fraction of sp³-hybridized carbons (Fsp3) is 0.333. The first-order valence-electron chi connectivity index (χ1n) is 5.66. The average Bonchev–Trinajstić information content (AvgIpc) is 2.78. The molecule has 1 aromatic heterocycles. The molecule has 6 heteroatoms. The number of halogens is 1. The molecule has 0 unspecified atom stereocenters. The van der Waals surface area contributed by atoms with Crippen LogP contribution in [0.4, 0.5) is 0 Å². The molecule has 0 aliphatic heterocycles. The van der Waals surface area contributed by atoms with Crippen LogP contribution in [0.15, 0.2) is 28.8 Å². The number of likely N-dealkylation sites (N-methyl/N-ethyl adjacent to an activating group) is 1. The lowest BCUT2D eigenvalue weighted by atomic mass is 10.2. The quantitative estimate of drug-likeness (QED) is 0.893. The maximum Gasteiger partial charge on any atom is 0.241 e. The Labute approximate surface area is 111 Å². The van der Waals surface area contributed by atoms with E-state index < -0.39 is 0 Å². The van der Waals surface area contributed by atoms with E-state index >= 15 is 0 Å². The van der Waals surface area contributed by atoms with E-state index in [0.717, 1.165) is 12.1 Å². The Morgan fingerprint density at radius 3 is 2.72 bits per heavy atom. The lowest BCUT2D eigenvalue weighted by Crippen LogP contribution is -2.25. The van der Waals surface area contributed by atoms with Crippen LogP contribution in [0.2, 0.25) is 5.02 Å². The van der Waals surface area contributed by atoms with Crippen molar-refractivity contribution in [3.63, 3.8) is 0 Å². The van der Waals surface area contributed by atoms with Gasteiger partial charge in [-0.05, 0) is 31.3 Å². The van der Waals surface area contributed by atoms with Crippen molar-refractivity contribution in [2.45, 2.75) is 6.54 Å². The highest BCUT2D eigenvalue weighted by Crippen LogP contribution is 2.18. The smallest absolute Gasteiger partial charge is 0.241 e. The molecule has 96 valence electrons. The monoisotopic (exact) mass is 266 g/mol. The normalized spacial score (nSPS) is 11.1. The first-order valence-corrected chi connectivity index (χ1v) is 6.04. The number of hydrogen-bond donors (Lipinski definition) is 1. The predicted octanol–water partition coefficient (Wildman–Crippen LogP) is 1.78. The highest BCUT2D eigenvalue weighted by molar-refractivity contribution is 6.30. The lowest BCUT2D eigenvalue weighted by molar-refractivity contribution is 0.272. The Bertz CT molecular complexity index is 497. The molecule has 0 saturated carbocycles. The number of aromatic nitrogens is 2. The van der Waals surface area contributed by atoms with Crippen molar-refractivity contribution >= 4 is 11.6 Å². The molecule has 2 rings (SSSR count). The summed E-state index contributed by atoms with van der Waals surface area (Å²) in [6.07, 6.45) is 0. The van der Waals surface area contributed by atoms with Gasteiger partial charge in [-0.15, -0.1) is 0 Å². The summed E-state index contributed by atoms with van der Waals surface area (Å²) < 4.78 is 5.19. The second-order valence-electron chi connectivity index (χ2n) is 4.05. The maximum absolute atomic E-state index is 5.83. The Hall–Kier alpha value is -1.43. The van der Waals surface area contributed by atoms with E-state index in [4.69, 9.17) is 21.9 Å². The van der Waals surface area contributed by atoms with Gasteiger partial charge in [-0.2, -0.15) is 4.98 Å². The van der Waals surface area contributed by atoms with Crippen LogP contribution in [-0.4, -0.2) is 35.2 Å². The molecule has 0 radical (unpaired) electrons. The summed E-state index contributed by atoms with van der Waals surface area (Å²) in [6, 6.07) is 7.32. The van der Waals surface area contributed by atoms with Crippen molar-refractivity contribution in [1.29, 1.82) is 0 Å². The van der Waals surface area contributed by atoms with Gasteiger partial charge in [0, 0.05) is 23.7 Å². The zero-order chi connectivity index (χ0) is 13.0.